The van der Waals surface area contributed by atoms with Gasteiger partial charge >= 0.3 is 0 Å². The molecule has 0 saturated heterocycles. The molecule has 0 radical (unpaired) electrons. The first-order chi connectivity index (χ1) is 13.6. The van der Waals surface area contributed by atoms with Crippen molar-refractivity contribution >= 4 is 21.6 Å². The van der Waals surface area contributed by atoms with Gasteiger partial charge in [-0.2, -0.15) is 5.26 Å². The van der Waals surface area contributed by atoms with Crippen LogP contribution in [0.25, 0.3) is 0 Å². The molecule has 0 spiro atoms. The summed E-state index contributed by atoms with van der Waals surface area (Å²) in [5.41, 5.74) is -2.57. The molecule has 7 nitrogen and oxygen atoms in total. The first kappa shape index (κ1) is 23.0. The molecule has 160 valence electrons. The zero-order valence-corrected chi connectivity index (χ0v) is 17.4. The molecule has 1 aromatic rings. The van der Waals surface area contributed by atoms with Crippen molar-refractivity contribution in [3.05, 3.63) is 23.5 Å². The van der Waals surface area contributed by atoms with E-state index in [9.17, 15) is 27.3 Å². The van der Waals surface area contributed by atoms with E-state index in [1.165, 1.54) is 0 Å². The lowest BCUT2D eigenvalue weighted by Gasteiger charge is -2.27. The summed E-state index contributed by atoms with van der Waals surface area (Å²) in [5.74, 6) is -2.18. The Labute approximate surface area is 170 Å². The standard InChI is InChI=1S/C19H26F2N4O3S/c1-25(2)10-6-9-23-17-14(13-22)11-15(12-16(17)20)29(27,28)24-18(26)19(21)7-4-3-5-8-19/h11-12,23H,3-10H2,1-2H3,(H,24,26). The van der Waals surface area contributed by atoms with E-state index in [0.29, 0.717) is 25.8 Å². The van der Waals surface area contributed by atoms with E-state index in [4.69, 9.17) is 0 Å². The van der Waals surface area contributed by atoms with E-state index < -0.39 is 32.3 Å². The number of nitrogens with zero attached hydrogens (tertiary/aromatic N) is 2. The van der Waals surface area contributed by atoms with Crippen LogP contribution in [0.5, 0.6) is 0 Å². The van der Waals surface area contributed by atoms with E-state index in [1.807, 2.05) is 19.0 Å². The van der Waals surface area contributed by atoms with Crippen LogP contribution in [-0.2, 0) is 14.8 Å². The normalized spacial score (nSPS) is 16.3. The van der Waals surface area contributed by atoms with E-state index >= 15 is 0 Å². The maximum absolute atomic E-state index is 14.7. The third-order valence-electron chi connectivity index (χ3n) is 4.86. The molecule has 0 aliphatic heterocycles. The number of halogens is 2. The topological polar surface area (TPSA) is 102 Å². The van der Waals surface area contributed by atoms with Gasteiger partial charge in [0.25, 0.3) is 15.9 Å². The van der Waals surface area contributed by atoms with Crippen molar-refractivity contribution in [2.24, 2.45) is 0 Å². The fourth-order valence-corrected chi connectivity index (χ4v) is 4.30. The number of hydrogen-bond donors (Lipinski definition) is 2. The lowest BCUT2D eigenvalue weighted by molar-refractivity contribution is -0.133. The molecule has 0 bridgehead atoms. The molecular formula is C19H26F2N4O3S. The summed E-state index contributed by atoms with van der Waals surface area (Å²) in [6.45, 7) is 1.14. The Morgan fingerprint density at radius 1 is 1.28 bits per heavy atom. The van der Waals surface area contributed by atoms with Crippen LogP contribution >= 0.6 is 0 Å². The molecule has 0 atom stereocenters. The predicted molar refractivity (Wildman–Crippen MR) is 105 cm³/mol. The van der Waals surface area contributed by atoms with Gasteiger partial charge in [0.15, 0.2) is 5.67 Å². The Kier molecular flexibility index (Phi) is 7.54. The number of nitrogens with one attached hydrogen (secondary N) is 2. The number of benzene rings is 1. The monoisotopic (exact) mass is 428 g/mol. The quantitative estimate of drug-likeness (QED) is 0.617. The highest BCUT2D eigenvalue weighted by atomic mass is 32.2. The molecule has 1 aliphatic carbocycles. The molecular weight excluding hydrogens is 402 g/mol. The number of hydrogen-bond acceptors (Lipinski definition) is 6. The van der Waals surface area contributed by atoms with Crippen LogP contribution in [-0.4, -0.2) is 52.1 Å². The Balaban J connectivity index is 2.19. The molecule has 1 amide bonds. The second-order valence-electron chi connectivity index (χ2n) is 7.48. The molecule has 1 aliphatic rings. The van der Waals surface area contributed by atoms with Crippen molar-refractivity contribution in [1.82, 2.24) is 9.62 Å². The average molecular weight is 429 g/mol. The van der Waals surface area contributed by atoms with Gasteiger partial charge in [-0.1, -0.05) is 6.42 Å². The van der Waals surface area contributed by atoms with Crippen molar-refractivity contribution in [1.29, 1.82) is 5.26 Å². The summed E-state index contributed by atoms with van der Waals surface area (Å²) in [6, 6.07) is 3.45. The molecule has 0 unspecified atom stereocenters. The molecule has 1 saturated carbocycles. The summed E-state index contributed by atoms with van der Waals surface area (Å²) in [7, 11) is -0.734. The van der Waals surface area contributed by atoms with Crippen LogP contribution in [0.4, 0.5) is 14.5 Å². The zero-order chi connectivity index (χ0) is 21.7. The van der Waals surface area contributed by atoms with Crippen LogP contribution in [0, 0.1) is 17.1 Å². The van der Waals surface area contributed by atoms with Crippen molar-refractivity contribution in [2.75, 3.05) is 32.5 Å². The number of carbonyl (C=O) groups is 1. The third-order valence-corrected chi connectivity index (χ3v) is 6.17. The molecule has 0 heterocycles. The minimum Gasteiger partial charge on any atom is -0.382 e. The molecule has 1 fully saturated rings. The maximum atomic E-state index is 14.7. The van der Waals surface area contributed by atoms with E-state index in [2.05, 4.69) is 5.32 Å². The Morgan fingerprint density at radius 3 is 2.52 bits per heavy atom. The lowest BCUT2D eigenvalue weighted by Crippen LogP contribution is -2.46. The summed E-state index contributed by atoms with van der Waals surface area (Å²) >= 11 is 0. The average Bonchev–Trinajstić information content (AvgIpc) is 2.65. The fraction of sp³-hybridized carbons (Fsp3) is 0.579. The van der Waals surface area contributed by atoms with Crippen molar-refractivity contribution < 1.29 is 22.0 Å². The number of anilines is 1. The van der Waals surface area contributed by atoms with Gasteiger partial charge in [0.2, 0.25) is 0 Å². The third kappa shape index (κ3) is 5.87. The van der Waals surface area contributed by atoms with Gasteiger partial charge in [0.1, 0.15) is 11.9 Å². The van der Waals surface area contributed by atoms with Crippen molar-refractivity contribution in [3.8, 4) is 6.07 Å². The van der Waals surface area contributed by atoms with Gasteiger partial charge in [-0.05, 0) is 64.9 Å². The summed E-state index contributed by atoms with van der Waals surface area (Å²) in [5, 5.41) is 12.1. The second kappa shape index (κ2) is 9.50. The van der Waals surface area contributed by atoms with Crippen LogP contribution in [0.1, 0.15) is 44.1 Å². The van der Waals surface area contributed by atoms with E-state index in [0.717, 1.165) is 25.1 Å². The minimum atomic E-state index is -4.52. The molecule has 2 rings (SSSR count). The highest BCUT2D eigenvalue weighted by Crippen LogP contribution is 2.32. The Morgan fingerprint density at radius 2 is 1.93 bits per heavy atom. The molecule has 10 heteroatoms. The molecule has 2 N–H and O–H groups in total. The number of carbonyl (C=O) groups excluding carboxylic acids is 1. The van der Waals surface area contributed by atoms with Gasteiger partial charge in [-0.15, -0.1) is 0 Å². The van der Waals surface area contributed by atoms with Gasteiger partial charge in [-0.25, -0.2) is 21.9 Å². The van der Waals surface area contributed by atoms with Gasteiger partial charge in [-0.3, -0.25) is 4.79 Å². The number of alkyl halides is 1. The SMILES string of the molecule is CN(C)CCCNc1c(F)cc(S(=O)(=O)NC(=O)C2(F)CCCCC2)cc1C#N. The smallest absolute Gasteiger partial charge is 0.271 e. The highest BCUT2D eigenvalue weighted by Gasteiger charge is 2.41. The largest absolute Gasteiger partial charge is 0.382 e. The molecule has 29 heavy (non-hydrogen) atoms. The lowest BCUT2D eigenvalue weighted by atomic mass is 9.86. The maximum Gasteiger partial charge on any atom is 0.271 e. The molecule has 0 aromatic heterocycles. The first-order valence-electron chi connectivity index (χ1n) is 9.47. The minimum absolute atomic E-state index is 0.0536. The van der Waals surface area contributed by atoms with Crippen LogP contribution in [0.15, 0.2) is 17.0 Å². The van der Waals surface area contributed by atoms with Gasteiger partial charge in [0, 0.05) is 6.54 Å². The van der Waals surface area contributed by atoms with Crippen LogP contribution in [0.2, 0.25) is 0 Å². The number of amides is 1. The van der Waals surface area contributed by atoms with Crippen LogP contribution in [0.3, 0.4) is 0 Å². The number of nitriles is 1. The zero-order valence-electron chi connectivity index (χ0n) is 16.6. The molecule has 1 aromatic carbocycles. The van der Waals surface area contributed by atoms with Crippen molar-refractivity contribution in [3.63, 3.8) is 0 Å². The summed E-state index contributed by atoms with van der Waals surface area (Å²) in [6.07, 6.45) is 2.35. The first-order valence-corrected chi connectivity index (χ1v) is 11.0. The van der Waals surface area contributed by atoms with E-state index in [-0.39, 0.29) is 24.1 Å². The Bertz CT molecular complexity index is 891. The fourth-order valence-electron chi connectivity index (χ4n) is 3.23. The second-order valence-corrected chi connectivity index (χ2v) is 9.17. The number of sulfonamides is 1. The van der Waals surface area contributed by atoms with Gasteiger partial charge < -0.3 is 10.2 Å². The van der Waals surface area contributed by atoms with Crippen molar-refractivity contribution in [2.45, 2.75) is 49.1 Å². The highest BCUT2D eigenvalue weighted by molar-refractivity contribution is 7.90. The predicted octanol–water partition coefficient (Wildman–Crippen LogP) is 2.54. The van der Waals surface area contributed by atoms with Gasteiger partial charge in [0.05, 0.1) is 16.1 Å². The number of rotatable bonds is 8. The summed E-state index contributed by atoms with van der Waals surface area (Å²) in [4.78, 5) is 13.6. The Hall–Kier alpha value is -2.25. The summed E-state index contributed by atoms with van der Waals surface area (Å²) < 4.78 is 55.9. The van der Waals surface area contributed by atoms with Crippen LogP contribution < -0.4 is 10.0 Å². The van der Waals surface area contributed by atoms with E-state index in [1.54, 1.807) is 10.8 Å².